The first-order chi connectivity index (χ1) is 18.2. The minimum atomic E-state index is -4.24. The zero-order valence-corrected chi connectivity index (χ0v) is 24.4. The average Bonchev–Trinajstić information content (AvgIpc) is 3.41. The maximum Gasteiger partial charge on any atom is 0.410 e. The highest BCUT2D eigenvalue weighted by Crippen LogP contribution is 2.46. The van der Waals surface area contributed by atoms with Gasteiger partial charge in [0.2, 0.25) is 0 Å². The lowest BCUT2D eigenvalue weighted by Gasteiger charge is -2.55. The van der Waals surface area contributed by atoms with Crippen LogP contribution in [0.2, 0.25) is 0 Å². The van der Waals surface area contributed by atoms with Crippen LogP contribution in [-0.2, 0) is 11.2 Å². The van der Waals surface area contributed by atoms with Crippen molar-refractivity contribution in [1.29, 1.82) is 0 Å². The van der Waals surface area contributed by atoms with Crippen molar-refractivity contribution >= 4 is 33.5 Å². The van der Waals surface area contributed by atoms with Gasteiger partial charge in [-0.15, -0.1) is 11.3 Å². The van der Waals surface area contributed by atoms with Gasteiger partial charge < -0.3 is 14.5 Å². The average molecular weight is 568 g/mol. The Morgan fingerprint density at radius 1 is 1.13 bits per heavy atom. The number of rotatable bonds is 5. The molecule has 2 aromatic heterocycles. The van der Waals surface area contributed by atoms with Crippen molar-refractivity contribution < 1.29 is 22.7 Å². The molecule has 1 spiro atoms. The molecule has 3 aliphatic heterocycles. The number of halogens is 3. The van der Waals surface area contributed by atoms with Crippen LogP contribution in [0, 0.1) is 17.3 Å². The normalized spacial score (nSPS) is 21.7. The number of amides is 1. The number of nitrogens with zero attached hydrogens (tertiary/aromatic N) is 5. The van der Waals surface area contributed by atoms with E-state index in [1.54, 1.807) is 6.07 Å². The standard InChI is InChI=1S/C28H40F3N5O2S/c1-18(2)22(19-6-9-34(10-7-19)25(37)38-26(3,4)5)36-15-27(16-36)8-11-35(14-27)23-21-12-20(13-28(29,30)31)39-24(21)33-17-32-23/h12,17-19,22H,6-11,13-16H2,1-5H3/t22-/m0/s1. The minimum absolute atomic E-state index is 0.187. The second-order valence-electron chi connectivity index (χ2n) is 13.0. The van der Waals surface area contributed by atoms with E-state index in [-0.39, 0.29) is 16.4 Å². The summed E-state index contributed by atoms with van der Waals surface area (Å²) in [6.45, 7) is 15.5. The van der Waals surface area contributed by atoms with Crippen molar-refractivity contribution in [2.75, 3.05) is 44.2 Å². The first-order valence-electron chi connectivity index (χ1n) is 14.0. The van der Waals surface area contributed by atoms with Crippen LogP contribution >= 0.6 is 11.3 Å². The number of carbonyl (C=O) groups is 1. The highest BCUT2D eigenvalue weighted by Gasteiger charge is 2.51. The zero-order valence-electron chi connectivity index (χ0n) is 23.6. The summed E-state index contributed by atoms with van der Waals surface area (Å²) in [6.07, 6.45) is -0.894. The molecule has 5 heterocycles. The van der Waals surface area contributed by atoms with E-state index in [2.05, 4.69) is 33.6 Å². The first-order valence-corrected chi connectivity index (χ1v) is 14.8. The topological polar surface area (TPSA) is 61.8 Å². The van der Waals surface area contributed by atoms with Gasteiger partial charge in [0, 0.05) is 55.6 Å². The number of anilines is 1. The van der Waals surface area contributed by atoms with E-state index in [0.29, 0.717) is 22.7 Å². The molecule has 1 atom stereocenters. The van der Waals surface area contributed by atoms with Crippen LogP contribution in [0.25, 0.3) is 10.2 Å². The number of carbonyl (C=O) groups excluding carboxylic acids is 1. The molecule has 39 heavy (non-hydrogen) atoms. The molecule has 0 unspecified atom stereocenters. The molecule has 5 rings (SSSR count). The van der Waals surface area contributed by atoms with Crippen molar-refractivity contribution in [2.45, 2.75) is 78.1 Å². The van der Waals surface area contributed by atoms with Crippen molar-refractivity contribution in [2.24, 2.45) is 17.3 Å². The molecule has 0 radical (unpaired) electrons. The Kier molecular flexibility index (Phi) is 7.54. The second kappa shape index (κ2) is 10.4. The third-order valence-electron chi connectivity index (χ3n) is 8.33. The maximum atomic E-state index is 13.0. The number of piperidine rings is 1. The molecule has 0 aliphatic carbocycles. The first kappa shape index (κ1) is 28.4. The predicted molar refractivity (Wildman–Crippen MR) is 147 cm³/mol. The summed E-state index contributed by atoms with van der Waals surface area (Å²) in [5, 5.41) is 0.729. The van der Waals surface area contributed by atoms with Crippen LogP contribution < -0.4 is 4.90 Å². The molecule has 0 bridgehead atoms. The Morgan fingerprint density at radius 3 is 2.44 bits per heavy atom. The summed E-state index contributed by atoms with van der Waals surface area (Å²) in [6, 6.07) is 2.09. The molecule has 3 aliphatic rings. The lowest BCUT2D eigenvalue weighted by Crippen LogP contribution is -2.64. The minimum Gasteiger partial charge on any atom is -0.444 e. The Balaban J connectivity index is 1.20. The Bertz CT molecular complexity index is 1180. The predicted octanol–water partition coefficient (Wildman–Crippen LogP) is 5.98. The largest absolute Gasteiger partial charge is 0.444 e. The van der Waals surface area contributed by atoms with Gasteiger partial charge in [-0.2, -0.15) is 13.2 Å². The summed E-state index contributed by atoms with van der Waals surface area (Å²) >= 11 is 1.11. The third-order valence-corrected chi connectivity index (χ3v) is 9.37. The molecule has 7 nitrogen and oxygen atoms in total. The Labute approximate surface area is 232 Å². The number of fused-ring (bicyclic) bond motifs is 1. The molecule has 3 fully saturated rings. The van der Waals surface area contributed by atoms with E-state index < -0.39 is 18.2 Å². The van der Waals surface area contributed by atoms with E-state index >= 15 is 0 Å². The fraction of sp³-hybridized carbons (Fsp3) is 0.750. The summed E-state index contributed by atoms with van der Waals surface area (Å²) in [4.78, 5) is 28.9. The number of hydrogen-bond acceptors (Lipinski definition) is 7. The van der Waals surface area contributed by atoms with Gasteiger partial charge in [-0.25, -0.2) is 14.8 Å². The van der Waals surface area contributed by atoms with Crippen LogP contribution in [0.15, 0.2) is 12.4 Å². The van der Waals surface area contributed by atoms with Crippen molar-refractivity contribution in [1.82, 2.24) is 19.8 Å². The van der Waals surface area contributed by atoms with Crippen LogP contribution in [-0.4, -0.2) is 82.9 Å². The van der Waals surface area contributed by atoms with Gasteiger partial charge in [-0.3, -0.25) is 4.90 Å². The van der Waals surface area contributed by atoms with Gasteiger partial charge in [0.25, 0.3) is 0 Å². The molecule has 0 aromatic carbocycles. The van der Waals surface area contributed by atoms with Crippen molar-refractivity contribution in [3.63, 3.8) is 0 Å². The smallest absolute Gasteiger partial charge is 0.410 e. The third kappa shape index (κ3) is 6.29. The molecule has 0 N–H and O–H groups in total. The van der Waals surface area contributed by atoms with E-state index in [0.717, 1.165) is 81.1 Å². The number of alkyl halides is 3. The number of aromatic nitrogens is 2. The molecular formula is C28H40F3N5O2S. The highest BCUT2D eigenvalue weighted by molar-refractivity contribution is 7.18. The summed E-state index contributed by atoms with van der Waals surface area (Å²) < 4.78 is 44.5. The van der Waals surface area contributed by atoms with Gasteiger partial charge in [0.15, 0.2) is 0 Å². The molecule has 0 saturated carbocycles. The van der Waals surface area contributed by atoms with Gasteiger partial charge in [0.05, 0.1) is 11.8 Å². The lowest BCUT2D eigenvalue weighted by atomic mass is 9.73. The quantitative estimate of drug-likeness (QED) is 0.443. The molecule has 3 saturated heterocycles. The van der Waals surface area contributed by atoms with Gasteiger partial charge in [0.1, 0.15) is 22.6 Å². The van der Waals surface area contributed by atoms with Crippen LogP contribution in [0.4, 0.5) is 23.8 Å². The number of ether oxygens (including phenoxy) is 1. The fourth-order valence-electron chi connectivity index (χ4n) is 6.84. The van der Waals surface area contributed by atoms with Crippen LogP contribution in [0.5, 0.6) is 0 Å². The maximum absolute atomic E-state index is 13.0. The molecular weight excluding hydrogens is 527 g/mol. The summed E-state index contributed by atoms with van der Waals surface area (Å²) in [5.74, 6) is 1.81. The molecule has 1 amide bonds. The van der Waals surface area contributed by atoms with E-state index in [4.69, 9.17) is 4.74 Å². The Morgan fingerprint density at radius 2 is 1.82 bits per heavy atom. The van der Waals surface area contributed by atoms with Crippen LogP contribution in [0.3, 0.4) is 0 Å². The monoisotopic (exact) mass is 567 g/mol. The van der Waals surface area contributed by atoms with Crippen molar-refractivity contribution in [3.05, 3.63) is 17.3 Å². The number of hydrogen-bond donors (Lipinski definition) is 0. The zero-order chi connectivity index (χ0) is 28.2. The summed E-state index contributed by atoms with van der Waals surface area (Å²) in [5.41, 5.74) is -0.297. The SMILES string of the molecule is CC(C)[C@@H](C1CCN(C(=O)OC(C)(C)C)CC1)N1CC2(CCN(c3ncnc4sc(CC(F)(F)F)cc34)C2)C1. The van der Waals surface area contributed by atoms with Gasteiger partial charge >= 0.3 is 12.3 Å². The second-order valence-corrected chi connectivity index (χ2v) is 14.2. The highest BCUT2D eigenvalue weighted by atomic mass is 32.1. The molecule has 216 valence electrons. The van der Waals surface area contributed by atoms with Gasteiger partial charge in [-0.05, 0) is 57.9 Å². The van der Waals surface area contributed by atoms with E-state index in [1.807, 2.05) is 25.7 Å². The van der Waals surface area contributed by atoms with Gasteiger partial charge in [-0.1, -0.05) is 13.8 Å². The molecule has 2 aromatic rings. The Hall–Kier alpha value is -2.14. The number of thiophene rings is 1. The fourth-order valence-corrected chi connectivity index (χ4v) is 7.86. The van der Waals surface area contributed by atoms with Crippen LogP contribution in [0.1, 0.15) is 58.8 Å². The van der Waals surface area contributed by atoms with E-state index in [9.17, 15) is 18.0 Å². The lowest BCUT2D eigenvalue weighted by molar-refractivity contribution is -0.126. The van der Waals surface area contributed by atoms with Crippen molar-refractivity contribution in [3.8, 4) is 0 Å². The van der Waals surface area contributed by atoms with E-state index in [1.165, 1.54) is 6.33 Å². The molecule has 11 heteroatoms. The number of likely N-dealkylation sites (tertiary alicyclic amines) is 2. The summed E-state index contributed by atoms with van der Waals surface area (Å²) in [7, 11) is 0.